The maximum atomic E-state index is 13.8. The van der Waals surface area contributed by atoms with E-state index in [-0.39, 0.29) is 10.6 Å². The summed E-state index contributed by atoms with van der Waals surface area (Å²) >= 11 is 0. The fourth-order valence-electron chi connectivity index (χ4n) is 1.46. The van der Waals surface area contributed by atoms with Crippen LogP contribution in [0.4, 0.5) is 10.1 Å². The van der Waals surface area contributed by atoms with Crippen molar-refractivity contribution in [1.82, 2.24) is 4.72 Å². The molecular weight excluding hydrogens is 331 g/mol. The van der Waals surface area contributed by atoms with Crippen molar-refractivity contribution >= 4 is 27.6 Å². The Morgan fingerprint density at radius 3 is 2.39 bits per heavy atom. The summed E-state index contributed by atoms with van der Waals surface area (Å²) < 4.78 is 48.2. The first kappa shape index (κ1) is 18.6. The van der Waals surface area contributed by atoms with Gasteiger partial charge in [-0.15, -0.1) is 0 Å². The summed E-state index contributed by atoms with van der Waals surface area (Å²) in [6, 6.07) is 2.92. The summed E-state index contributed by atoms with van der Waals surface area (Å²) in [5.74, 6) is -2.67. The molecule has 1 aromatic rings. The minimum Gasteiger partial charge on any atom is -0.466 e. The maximum absolute atomic E-state index is 13.8. The van der Waals surface area contributed by atoms with Gasteiger partial charge in [-0.2, -0.15) is 0 Å². The Bertz CT molecular complexity index is 745. The number of nitrogens with one attached hydrogen (secondary N) is 2. The van der Waals surface area contributed by atoms with Crippen LogP contribution < -0.4 is 10.0 Å². The van der Waals surface area contributed by atoms with Crippen LogP contribution in [0.2, 0.25) is 0 Å². The van der Waals surface area contributed by atoms with Crippen LogP contribution in [0.15, 0.2) is 34.9 Å². The number of hydrogen-bond donors (Lipinski definition) is 2. The van der Waals surface area contributed by atoms with Crippen molar-refractivity contribution in [2.24, 2.45) is 0 Å². The molecule has 0 aliphatic rings. The summed E-state index contributed by atoms with van der Waals surface area (Å²) in [6.45, 7) is 0. The van der Waals surface area contributed by atoms with E-state index in [0.717, 1.165) is 38.5 Å². The smallest absolute Gasteiger partial charge is 0.354 e. The summed E-state index contributed by atoms with van der Waals surface area (Å²) in [7, 11) is -0.459. The molecule has 0 unspecified atom stereocenters. The van der Waals surface area contributed by atoms with Gasteiger partial charge in [0.05, 0.1) is 30.9 Å². The molecule has 0 atom stereocenters. The zero-order valence-electron chi connectivity index (χ0n) is 12.5. The molecule has 0 heterocycles. The average molecular weight is 346 g/mol. The van der Waals surface area contributed by atoms with Gasteiger partial charge in [0, 0.05) is 0 Å². The molecule has 10 heteroatoms. The first-order valence-electron chi connectivity index (χ1n) is 6.13. The van der Waals surface area contributed by atoms with Gasteiger partial charge in [-0.05, 0) is 25.2 Å². The number of carbonyl (C=O) groups excluding carboxylic acids is 2. The molecule has 0 aromatic heterocycles. The van der Waals surface area contributed by atoms with Crippen molar-refractivity contribution in [3.63, 3.8) is 0 Å². The van der Waals surface area contributed by atoms with Crippen LogP contribution in [0, 0.1) is 5.82 Å². The molecule has 126 valence electrons. The van der Waals surface area contributed by atoms with Gasteiger partial charge >= 0.3 is 11.9 Å². The van der Waals surface area contributed by atoms with Crippen LogP contribution in [0.3, 0.4) is 0 Å². The third-order valence-corrected chi connectivity index (χ3v) is 4.07. The predicted octanol–water partition coefficient (Wildman–Crippen LogP) is 0.376. The number of methoxy groups -OCH3 is 2. The molecule has 8 nitrogen and oxygen atoms in total. The van der Waals surface area contributed by atoms with Gasteiger partial charge in [-0.25, -0.2) is 27.1 Å². The summed E-state index contributed by atoms with van der Waals surface area (Å²) in [5, 5.41) is 2.32. The molecule has 0 saturated heterocycles. The van der Waals surface area contributed by atoms with E-state index in [1.165, 1.54) is 7.05 Å². The Balaban J connectivity index is 3.28. The van der Waals surface area contributed by atoms with Crippen molar-refractivity contribution < 1.29 is 31.9 Å². The molecule has 0 aliphatic carbocycles. The van der Waals surface area contributed by atoms with E-state index in [1.54, 1.807) is 0 Å². The molecule has 0 amide bonds. The van der Waals surface area contributed by atoms with E-state index < -0.39 is 33.5 Å². The van der Waals surface area contributed by atoms with E-state index in [9.17, 15) is 22.4 Å². The maximum Gasteiger partial charge on any atom is 0.354 e. The number of carbonyl (C=O) groups is 2. The van der Waals surface area contributed by atoms with Gasteiger partial charge in [0.25, 0.3) is 0 Å². The monoisotopic (exact) mass is 346 g/mol. The van der Waals surface area contributed by atoms with Crippen LogP contribution in [-0.4, -0.2) is 41.6 Å². The van der Waals surface area contributed by atoms with Gasteiger partial charge in [0.1, 0.15) is 11.5 Å². The van der Waals surface area contributed by atoms with E-state index in [2.05, 4.69) is 19.5 Å². The van der Waals surface area contributed by atoms with E-state index in [4.69, 9.17) is 0 Å². The molecule has 2 N–H and O–H groups in total. The Morgan fingerprint density at radius 1 is 1.22 bits per heavy atom. The van der Waals surface area contributed by atoms with E-state index in [0.29, 0.717) is 0 Å². The minimum atomic E-state index is -3.81. The van der Waals surface area contributed by atoms with E-state index in [1.807, 2.05) is 0 Å². The quantitative estimate of drug-likeness (QED) is 0.566. The zero-order valence-corrected chi connectivity index (χ0v) is 13.4. The molecule has 23 heavy (non-hydrogen) atoms. The Hall–Kier alpha value is -2.46. The fraction of sp³-hybridized carbons (Fsp3) is 0.231. The number of rotatable bonds is 6. The predicted molar refractivity (Wildman–Crippen MR) is 78.4 cm³/mol. The van der Waals surface area contributed by atoms with Crippen LogP contribution in [0.1, 0.15) is 0 Å². The Labute approximate surface area is 132 Å². The lowest BCUT2D eigenvalue weighted by Gasteiger charge is -2.11. The molecular formula is C13H15FN2O6S. The molecule has 0 fully saturated rings. The molecule has 0 spiro atoms. The van der Waals surface area contributed by atoms with Crippen molar-refractivity contribution in [3.05, 3.63) is 35.8 Å². The lowest BCUT2D eigenvalue weighted by atomic mass is 10.2. The molecule has 0 aliphatic heterocycles. The number of benzene rings is 1. The summed E-state index contributed by atoms with van der Waals surface area (Å²) in [6.07, 6.45) is 0.754. The first-order chi connectivity index (χ1) is 10.7. The Kier molecular flexibility index (Phi) is 6.22. The lowest BCUT2D eigenvalue weighted by Crippen LogP contribution is -2.20. The van der Waals surface area contributed by atoms with Gasteiger partial charge in [0.15, 0.2) is 0 Å². The van der Waals surface area contributed by atoms with Gasteiger partial charge in [-0.3, -0.25) is 0 Å². The third-order valence-electron chi connectivity index (χ3n) is 2.65. The summed E-state index contributed by atoms with van der Waals surface area (Å²) in [5.41, 5.74) is -0.751. The average Bonchev–Trinajstić information content (AvgIpc) is 2.54. The molecule has 0 bridgehead atoms. The molecule has 0 radical (unpaired) electrons. The number of sulfonamides is 1. The second-order valence-electron chi connectivity index (χ2n) is 4.05. The van der Waals surface area contributed by atoms with Crippen LogP contribution >= 0.6 is 0 Å². The largest absolute Gasteiger partial charge is 0.466 e. The Morgan fingerprint density at radius 2 is 1.87 bits per heavy atom. The highest BCUT2D eigenvalue weighted by Crippen LogP contribution is 2.21. The summed E-state index contributed by atoms with van der Waals surface area (Å²) in [4.78, 5) is 22.6. The SMILES string of the molecule is CNS(=O)(=O)c1ccc(F)c(N/C(=C/C(=O)OC)C(=O)OC)c1. The van der Waals surface area contributed by atoms with Crippen molar-refractivity contribution in [2.45, 2.75) is 4.90 Å². The zero-order chi connectivity index (χ0) is 17.6. The standard InChI is InChI=1S/C13H15FN2O6S/c1-15-23(19,20)8-4-5-9(14)10(6-8)16-11(13(18)22-3)7-12(17)21-2/h4-7,15-16H,1-3H3/b11-7+. The van der Waals surface area contributed by atoms with Crippen LogP contribution in [0.25, 0.3) is 0 Å². The highest BCUT2D eigenvalue weighted by atomic mass is 32.2. The number of esters is 2. The molecule has 0 saturated carbocycles. The molecule has 1 aromatic carbocycles. The topological polar surface area (TPSA) is 111 Å². The normalized spacial score (nSPS) is 11.7. The van der Waals surface area contributed by atoms with Crippen molar-refractivity contribution in [2.75, 3.05) is 26.6 Å². The lowest BCUT2D eigenvalue weighted by molar-refractivity contribution is -0.138. The molecule has 1 rings (SSSR count). The van der Waals surface area contributed by atoms with E-state index >= 15 is 0 Å². The fourth-order valence-corrected chi connectivity index (χ4v) is 2.22. The van der Waals surface area contributed by atoms with Crippen LogP contribution in [0.5, 0.6) is 0 Å². The highest BCUT2D eigenvalue weighted by molar-refractivity contribution is 7.89. The number of ether oxygens (including phenoxy) is 2. The number of halogens is 1. The number of hydrogen-bond acceptors (Lipinski definition) is 7. The third kappa shape index (κ3) is 4.76. The van der Waals surface area contributed by atoms with Crippen LogP contribution in [-0.2, 0) is 29.1 Å². The van der Waals surface area contributed by atoms with Gasteiger partial charge < -0.3 is 14.8 Å². The second-order valence-corrected chi connectivity index (χ2v) is 5.93. The second kappa shape index (κ2) is 7.70. The number of anilines is 1. The van der Waals surface area contributed by atoms with Crippen molar-refractivity contribution in [1.29, 1.82) is 0 Å². The van der Waals surface area contributed by atoms with Gasteiger partial charge in [0.2, 0.25) is 10.0 Å². The first-order valence-corrected chi connectivity index (χ1v) is 7.61. The highest BCUT2D eigenvalue weighted by Gasteiger charge is 2.18. The van der Waals surface area contributed by atoms with Gasteiger partial charge in [-0.1, -0.05) is 0 Å². The minimum absolute atomic E-state index is 0.230. The van der Waals surface area contributed by atoms with Crippen molar-refractivity contribution in [3.8, 4) is 0 Å².